The lowest BCUT2D eigenvalue weighted by atomic mass is 9.92. The van der Waals surface area contributed by atoms with E-state index in [1.54, 1.807) is 26.1 Å². The number of carboxylic acid groups (broad SMARTS) is 1. The van der Waals surface area contributed by atoms with Crippen LogP contribution in [0.5, 0.6) is 0 Å². The monoisotopic (exact) mass is 670 g/mol. The number of benzene rings is 2. The third-order valence-corrected chi connectivity index (χ3v) is 11.8. The molecule has 244 valence electrons. The highest BCUT2D eigenvalue weighted by Gasteiger charge is 2.63. The fraction of sp³-hybridized carbons (Fsp3) is 0.452. The molecule has 3 aromatic rings. The fourth-order valence-electron chi connectivity index (χ4n) is 6.15. The first kappa shape index (κ1) is 31.8. The number of carbonyl (C=O) groups excluding carboxylic acids is 2. The molecule has 13 nitrogen and oxygen atoms in total. The van der Waals surface area contributed by atoms with Crippen molar-refractivity contribution in [2.75, 3.05) is 23.3 Å². The molecule has 46 heavy (non-hydrogen) atoms. The summed E-state index contributed by atoms with van der Waals surface area (Å²) in [5, 5.41) is 21.2. The highest BCUT2D eigenvalue weighted by Crippen LogP contribution is 2.50. The van der Waals surface area contributed by atoms with E-state index in [0.717, 1.165) is 31.6 Å². The summed E-state index contributed by atoms with van der Waals surface area (Å²) >= 11 is 6.25. The number of hydrogen-bond donors (Lipinski definition) is 3. The molecule has 3 fully saturated rings. The quantitative estimate of drug-likeness (QED) is 0.283. The van der Waals surface area contributed by atoms with Gasteiger partial charge in [-0.2, -0.15) is 0 Å². The first-order valence-electron chi connectivity index (χ1n) is 15.1. The van der Waals surface area contributed by atoms with Crippen LogP contribution in [-0.2, 0) is 36.8 Å². The number of piperidine rings is 1. The van der Waals surface area contributed by atoms with Crippen molar-refractivity contribution < 1.29 is 32.6 Å². The largest absolute Gasteiger partial charge is 0.480 e. The highest BCUT2D eigenvalue weighted by atomic mass is 35.5. The van der Waals surface area contributed by atoms with Crippen molar-refractivity contribution in [3.05, 3.63) is 70.4 Å². The van der Waals surface area contributed by atoms with Gasteiger partial charge in [-0.1, -0.05) is 47.1 Å². The first-order chi connectivity index (χ1) is 21.9. The van der Waals surface area contributed by atoms with Crippen LogP contribution in [0.1, 0.15) is 74.3 Å². The number of nitrogens with zero attached hydrogens (tertiary/aromatic N) is 4. The first-order valence-corrected chi connectivity index (χ1v) is 17.0. The summed E-state index contributed by atoms with van der Waals surface area (Å²) in [6.07, 6.45) is 1.29. The summed E-state index contributed by atoms with van der Waals surface area (Å²) in [5.74, 6) is -1.57. The van der Waals surface area contributed by atoms with Crippen molar-refractivity contribution in [2.45, 2.75) is 67.6 Å². The standard InChI is InChI=1S/C31H35ClN6O7S/c1-19(23-5-3-4-6-24(23)32)45-29(42)33-26-25(34-36-37(26)2)20-11-17-38(18-12-20)22-9-7-21(8-10-22)30(13-14-30)27(39)35-46(43,44)31(15-16-31)28(40)41/h3-10,19-20H,11-18H2,1-2H3,(H,33,42)(H,35,39)(H,40,41)/t19-/m1/s1. The van der Waals surface area contributed by atoms with Crippen LogP contribution in [0.2, 0.25) is 5.02 Å². The maximum Gasteiger partial charge on any atom is 0.413 e. The number of hydrogen-bond acceptors (Lipinski definition) is 9. The molecule has 1 atom stereocenters. The SMILES string of the molecule is C[C@@H](OC(=O)Nc1c(C2CCN(c3ccc(C4(C(=O)NS(=O)(=O)C5(C(=O)O)CC5)CC4)cc3)CC2)nnn1C)c1ccccc1Cl. The lowest BCUT2D eigenvalue weighted by Crippen LogP contribution is -2.47. The minimum absolute atomic E-state index is 0.00566. The molecule has 2 amide bonds. The number of aromatic nitrogens is 3. The zero-order valence-electron chi connectivity index (χ0n) is 25.4. The average Bonchev–Trinajstić information content (AvgIpc) is 3.95. The van der Waals surface area contributed by atoms with E-state index in [0.29, 0.717) is 40.5 Å². The van der Waals surface area contributed by atoms with Gasteiger partial charge in [-0.05, 0) is 69.2 Å². The average molecular weight is 671 g/mol. The summed E-state index contributed by atoms with van der Waals surface area (Å²) in [4.78, 5) is 39.6. The molecule has 0 radical (unpaired) electrons. The second-order valence-corrected chi connectivity index (χ2v) is 14.7. The molecule has 1 aromatic heterocycles. The van der Waals surface area contributed by atoms with Gasteiger partial charge < -0.3 is 14.7 Å². The number of amides is 2. The third kappa shape index (κ3) is 5.79. The van der Waals surface area contributed by atoms with Crippen LogP contribution in [0.3, 0.4) is 0 Å². The van der Waals surface area contributed by atoms with E-state index in [4.69, 9.17) is 16.3 Å². The van der Waals surface area contributed by atoms with Crippen molar-refractivity contribution >= 4 is 51.1 Å². The summed E-state index contributed by atoms with van der Waals surface area (Å²) in [5.41, 5.74) is 2.07. The molecule has 2 saturated carbocycles. The third-order valence-electron chi connectivity index (χ3n) is 9.39. The van der Waals surface area contributed by atoms with Crippen LogP contribution in [0.25, 0.3) is 0 Å². The maximum absolute atomic E-state index is 13.1. The summed E-state index contributed by atoms with van der Waals surface area (Å²) in [6, 6.07) is 14.7. The maximum atomic E-state index is 13.1. The Morgan fingerprint density at radius 2 is 1.70 bits per heavy atom. The summed E-state index contributed by atoms with van der Waals surface area (Å²) < 4.78 is 32.6. The lowest BCUT2D eigenvalue weighted by molar-refractivity contribution is -0.137. The molecular weight excluding hydrogens is 636 g/mol. The van der Waals surface area contributed by atoms with Crippen molar-refractivity contribution in [3.8, 4) is 0 Å². The number of aliphatic carboxylic acids is 1. The number of anilines is 2. The molecule has 1 aliphatic heterocycles. The minimum atomic E-state index is -4.33. The van der Waals surface area contributed by atoms with Crippen LogP contribution < -0.4 is 14.9 Å². The van der Waals surface area contributed by atoms with Gasteiger partial charge in [0.15, 0.2) is 10.6 Å². The van der Waals surface area contributed by atoms with Gasteiger partial charge in [0, 0.05) is 42.3 Å². The lowest BCUT2D eigenvalue weighted by Gasteiger charge is -2.33. The molecule has 2 aromatic carbocycles. The molecule has 15 heteroatoms. The number of carbonyl (C=O) groups is 3. The molecule has 1 saturated heterocycles. The van der Waals surface area contributed by atoms with Crippen molar-refractivity contribution in [3.63, 3.8) is 0 Å². The summed E-state index contributed by atoms with van der Waals surface area (Å²) in [7, 11) is -2.63. The highest BCUT2D eigenvalue weighted by molar-refractivity contribution is 7.92. The Hall–Kier alpha value is -4.17. The molecule has 2 heterocycles. The van der Waals surface area contributed by atoms with Crippen molar-refractivity contribution in [1.82, 2.24) is 19.7 Å². The molecular formula is C31H35ClN6O7S. The van der Waals surface area contributed by atoms with Gasteiger partial charge in [-0.25, -0.2) is 17.9 Å². The smallest absolute Gasteiger partial charge is 0.413 e. The molecule has 0 bridgehead atoms. The van der Waals surface area contributed by atoms with Gasteiger partial charge in [0.05, 0.1) is 5.41 Å². The molecule has 3 N–H and O–H groups in total. The van der Waals surface area contributed by atoms with Gasteiger partial charge in [0.1, 0.15) is 11.8 Å². The Balaban J connectivity index is 1.06. The number of aryl methyl sites for hydroxylation is 1. The number of rotatable bonds is 10. The minimum Gasteiger partial charge on any atom is -0.480 e. The fourth-order valence-corrected chi connectivity index (χ4v) is 7.94. The normalized spacial score (nSPS) is 19.2. The zero-order valence-corrected chi connectivity index (χ0v) is 27.0. The second kappa shape index (κ2) is 11.9. The Morgan fingerprint density at radius 1 is 1.04 bits per heavy atom. The van der Waals surface area contributed by atoms with Gasteiger partial charge in [-0.3, -0.25) is 19.6 Å². The van der Waals surface area contributed by atoms with E-state index in [9.17, 15) is 27.9 Å². The van der Waals surface area contributed by atoms with Gasteiger partial charge in [0.2, 0.25) is 5.91 Å². The Labute approximate surface area is 271 Å². The van der Waals surface area contributed by atoms with Crippen LogP contribution >= 0.6 is 11.6 Å². The Bertz CT molecular complexity index is 1780. The van der Waals surface area contributed by atoms with Crippen LogP contribution in [0.4, 0.5) is 16.3 Å². The Kier molecular flexibility index (Phi) is 8.21. The predicted molar refractivity (Wildman–Crippen MR) is 169 cm³/mol. The number of carboxylic acids is 1. The van der Waals surface area contributed by atoms with Gasteiger partial charge in [0.25, 0.3) is 10.0 Å². The van der Waals surface area contributed by atoms with Crippen LogP contribution in [0.15, 0.2) is 48.5 Å². The summed E-state index contributed by atoms with van der Waals surface area (Å²) in [6.45, 7) is 3.19. The second-order valence-electron chi connectivity index (χ2n) is 12.3. The van der Waals surface area contributed by atoms with E-state index in [1.165, 1.54) is 4.68 Å². The van der Waals surface area contributed by atoms with E-state index in [1.807, 2.05) is 36.4 Å². The molecule has 2 aliphatic carbocycles. The van der Waals surface area contributed by atoms with E-state index < -0.39 is 44.3 Å². The number of ether oxygens (including phenoxy) is 1. The predicted octanol–water partition coefficient (Wildman–Crippen LogP) is 4.26. The molecule has 0 spiro atoms. The van der Waals surface area contributed by atoms with E-state index in [2.05, 4.69) is 25.3 Å². The molecule has 6 rings (SSSR count). The number of sulfonamides is 1. The molecule has 0 unspecified atom stereocenters. The van der Waals surface area contributed by atoms with E-state index >= 15 is 0 Å². The van der Waals surface area contributed by atoms with E-state index in [-0.39, 0.29) is 18.8 Å². The Morgan fingerprint density at radius 3 is 2.28 bits per heavy atom. The van der Waals surface area contributed by atoms with Crippen LogP contribution in [-0.4, -0.2) is 64.3 Å². The van der Waals surface area contributed by atoms with Crippen LogP contribution in [0, 0.1) is 0 Å². The van der Waals surface area contributed by atoms with Gasteiger partial charge in [-0.15, -0.1) is 5.10 Å². The number of halogens is 1. The van der Waals surface area contributed by atoms with Crippen molar-refractivity contribution in [2.24, 2.45) is 7.05 Å². The topological polar surface area (TPSA) is 173 Å². The molecule has 3 aliphatic rings. The van der Waals surface area contributed by atoms with Gasteiger partial charge >= 0.3 is 12.1 Å². The number of nitrogens with one attached hydrogen (secondary N) is 2. The zero-order chi connectivity index (χ0) is 32.9. The van der Waals surface area contributed by atoms with Crippen molar-refractivity contribution in [1.29, 1.82) is 0 Å².